The molecule has 1 aromatic carbocycles. The molecular weight excluding hydrogens is 444 g/mol. The molecule has 0 radical (unpaired) electrons. The minimum absolute atomic E-state index is 0.0191. The molecule has 7 heteroatoms. The van der Waals surface area contributed by atoms with Crippen molar-refractivity contribution in [3.63, 3.8) is 0 Å². The van der Waals surface area contributed by atoms with Crippen LogP contribution in [0.2, 0.25) is 0 Å². The van der Waals surface area contributed by atoms with Crippen LogP contribution in [0.5, 0.6) is 0 Å². The molecule has 0 aromatic heterocycles. The number of nitrogens with two attached hydrogens (primary N) is 1. The lowest BCUT2D eigenvalue weighted by Crippen LogP contribution is -2.57. The molecule has 2 heterocycles. The first kappa shape index (κ1) is 26.2. The number of hydrogen-bond donors (Lipinski definition) is 3. The van der Waals surface area contributed by atoms with Crippen molar-refractivity contribution in [2.24, 2.45) is 5.73 Å². The van der Waals surface area contributed by atoms with E-state index in [-0.39, 0.29) is 30.4 Å². The molecule has 2 unspecified atom stereocenters. The van der Waals surface area contributed by atoms with E-state index in [0.717, 1.165) is 35.0 Å². The highest BCUT2D eigenvalue weighted by Gasteiger charge is 2.44. The summed E-state index contributed by atoms with van der Waals surface area (Å²) in [6.07, 6.45) is 3.45. The van der Waals surface area contributed by atoms with Crippen LogP contribution in [0.3, 0.4) is 0 Å². The lowest BCUT2D eigenvalue weighted by molar-refractivity contribution is -0.141. The van der Waals surface area contributed by atoms with Gasteiger partial charge in [-0.1, -0.05) is 68.4 Å². The van der Waals surface area contributed by atoms with Crippen LogP contribution in [0.1, 0.15) is 58.9 Å². The standard InChI is InChI=1S/C19H25BrN4O2.2C2H6/c1-12(22-11-13-4-2-3-5-15(13)20)17-9-7-14-6-8-16(19(26)24(14)17)23-18(25)10-21;2*1-2/h2-5,14,16-17,22H,1,6-11,21H2,(H,23,25);2*1-2H3/t14?,16?,17-;;/m0../s1. The second kappa shape index (κ2) is 13.4. The van der Waals surface area contributed by atoms with Crippen LogP contribution < -0.4 is 16.4 Å². The van der Waals surface area contributed by atoms with Gasteiger partial charge in [0.15, 0.2) is 0 Å². The van der Waals surface area contributed by atoms with Gasteiger partial charge >= 0.3 is 0 Å². The van der Waals surface area contributed by atoms with E-state index in [4.69, 9.17) is 5.73 Å². The van der Waals surface area contributed by atoms with Gasteiger partial charge in [-0.15, -0.1) is 0 Å². The molecule has 2 amide bonds. The van der Waals surface area contributed by atoms with E-state index >= 15 is 0 Å². The number of amides is 2. The maximum atomic E-state index is 12.9. The Morgan fingerprint density at radius 1 is 1.17 bits per heavy atom. The van der Waals surface area contributed by atoms with E-state index in [0.29, 0.717) is 13.0 Å². The molecule has 2 saturated heterocycles. The molecule has 2 aliphatic heterocycles. The number of piperidine rings is 1. The third-order valence-electron chi connectivity index (χ3n) is 5.23. The number of carbonyl (C=O) groups excluding carboxylic acids is 2. The van der Waals surface area contributed by atoms with Gasteiger partial charge < -0.3 is 21.3 Å². The van der Waals surface area contributed by atoms with E-state index < -0.39 is 6.04 Å². The lowest BCUT2D eigenvalue weighted by atomic mass is 9.98. The molecule has 3 atom stereocenters. The van der Waals surface area contributed by atoms with Gasteiger partial charge in [-0.3, -0.25) is 9.59 Å². The number of nitrogens with zero attached hydrogens (tertiary/aromatic N) is 1. The SMILES string of the molecule is C=C(NCc1ccccc1Br)[C@@H]1CCC2CCC(NC(=O)CN)C(=O)N21.CC.CC. The summed E-state index contributed by atoms with van der Waals surface area (Å²) in [6, 6.07) is 7.75. The number of carbonyl (C=O) groups is 2. The zero-order valence-electron chi connectivity index (χ0n) is 18.7. The van der Waals surface area contributed by atoms with Crippen LogP contribution >= 0.6 is 15.9 Å². The smallest absolute Gasteiger partial charge is 0.245 e. The Morgan fingerprint density at radius 3 is 2.43 bits per heavy atom. The molecule has 0 spiro atoms. The Hall–Kier alpha value is -1.86. The number of nitrogens with one attached hydrogen (secondary N) is 2. The predicted molar refractivity (Wildman–Crippen MR) is 127 cm³/mol. The first-order valence-electron chi connectivity index (χ1n) is 11.0. The van der Waals surface area contributed by atoms with Gasteiger partial charge in [-0.25, -0.2) is 0 Å². The average molecular weight is 481 g/mol. The Balaban J connectivity index is 0.00000106. The highest BCUT2D eigenvalue weighted by molar-refractivity contribution is 9.10. The molecular formula is C23H37BrN4O2. The van der Waals surface area contributed by atoms with Crippen molar-refractivity contribution in [3.05, 3.63) is 46.6 Å². The molecule has 2 fully saturated rings. The minimum atomic E-state index is -0.473. The molecule has 1 aromatic rings. The molecule has 0 bridgehead atoms. The van der Waals surface area contributed by atoms with Gasteiger partial charge in [0.25, 0.3) is 0 Å². The number of benzene rings is 1. The summed E-state index contributed by atoms with van der Waals surface area (Å²) in [5.74, 6) is -0.308. The molecule has 30 heavy (non-hydrogen) atoms. The molecule has 6 nitrogen and oxygen atoms in total. The number of rotatable bonds is 6. The van der Waals surface area contributed by atoms with E-state index in [1.54, 1.807) is 0 Å². The fourth-order valence-corrected chi connectivity index (χ4v) is 4.28. The molecule has 168 valence electrons. The molecule has 2 aliphatic rings. The fourth-order valence-electron chi connectivity index (χ4n) is 3.86. The normalized spacial score (nSPS) is 22.0. The first-order chi connectivity index (χ1) is 14.5. The first-order valence-corrected chi connectivity index (χ1v) is 11.8. The van der Waals surface area contributed by atoms with Crippen molar-refractivity contribution in [2.75, 3.05) is 6.54 Å². The molecule has 4 N–H and O–H groups in total. The van der Waals surface area contributed by atoms with Crippen LogP contribution in [0.25, 0.3) is 0 Å². The summed E-state index contributed by atoms with van der Waals surface area (Å²) >= 11 is 3.55. The van der Waals surface area contributed by atoms with Crippen molar-refractivity contribution in [3.8, 4) is 0 Å². The topological polar surface area (TPSA) is 87.5 Å². The van der Waals surface area contributed by atoms with Gasteiger partial charge in [0, 0.05) is 22.8 Å². The van der Waals surface area contributed by atoms with Gasteiger partial charge in [0.05, 0.1) is 12.6 Å². The molecule has 0 saturated carbocycles. The van der Waals surface area contributed by atoms with Crippen molar-refractivity contribution in [2.45, 2.75) is 78.0 Å². The summed E-state index contributed by atoms with van der Waals surface area (Å²) < 4.78 is 1.04. The van der Waals surface area contributed by atoms with Gasteiger partial charge in [0.2, 0.25) is 11.8 Å². The van der Waals surface area contributed by atoms with Crippen LogP contribution in [-0.2, 0) is 16.1 Å². The maximum Gasteiger partial charge on any atom is 0.245 e. The number of hydrogen-bond acceptors (Lipinski definition) is 4. The van der Waals surface area contributed by atoms with Crippen LogP contribution in [0.15, 0.2) is 41.0 Å². The summed E-state index contributed by atoms with van der Waals surface area (Å²) in [6.45, 7) is 12.7. The monoisotopic (exact) mass is 480 g/mol. The Bertz CT molecular complexity index is 710. The van der Waals surface area contributed by atoms with Crippen LogP contribution in [-0.4, -0.2) is 41.4 Å². The molecule has 0 aliphatic carbocycles. The van der Waals surface area contributed by atoms with Crippen molar-refractivity contribution in [1.29, 1.82) is 0 Å². The van der Waals surface area contributed by atoms with Crippen molar-refractivity contribution >= 4 is 27.7 Å². The van der Waals surface area contributed by atoms with Gasteiger partial charge in [-0.05, 0) is 37.3 Å². The van der Waals surface area contributed by atoms with E-state index in [2.05, 4.69) is 33.1 Å². The second-order valence-electron chi connectivity index (χ2n) is 6.86. The molecule has 3 rings (SSSR count). The maximum absolute atomic E-state index is 12.9. The quantitative estimate of drug-likeness (QED) is 0.578. The van der Waals surface area contributed by atoms with Gasteiger partial charge in [0.1, 0.15) is 6.04 Å². The van der Waals surface area contributed by atoms with E-state index in [1.165, 1.54) is 0 Å². The minimum Gasteiger partial charge on any atom is -0.383 e. The van der Waals surface area contributed by atoms with Crippen molar-refractivity contribution < 1.29 is 9.59 Å². The van der Waals surface area contributed by atoms with Crippen molar-refractivity contribution in [1.82, 2.24) is 15.5 Å². The summed E-state index contributed by atoms with van der Waals surface area (Å²) in [7, 11) is 0. The van der Waals surface area contributed by atoms with E-state index in [9.17, 15) is 9.59 Å². The third-order valence-corrected chi connectivity index (χ3v) is 6.00. The summed E-state index contributed by atoms with van der Waals surface area (Å²) in [5, 5.41) is 6.12. The summed E-state index contributed by atoms with van der Waals surface area (Å²) in [5.41, 5.74) is 7.35. The Labute approximate surface area is 189 Å². The van der Waals surface area contributed by atoms with Crippen LogP contribution in [0, 0.1) is 0 Å². The number of fused-ring (bicyclic) bond motifs is 1. The summed E-state index contributed by atoms with van der Waals surface area (Å²) in [4.78, 5) is 26.4. The predicted octanol–water partition coefficient (Wildman–Crippen LogP) is 3.70. The zero-order valence-corrected chi connectivity index (χ0v) is 20.3. The lowest BCUT2D eigenvalue weighted by Gasteiger charge is -2.39. The fraction of sp³-hybridized carbons (Fsp3) is 0.565. The second-order valence-corrected chi connectivity index (χ2v) is 7.72. The number of halogens is 1. The highest BCUT2D eigenvalue weighted by Crippen LogP contribution is 2.34. The largest absolute Gasteiger partial charge is 0.383 e. The Morgan fingerprint density at radius 2 is 1.80 bits per heavy atom. The highest BCUT2D eigenvalue weighted by atomic mass is 79.9. The van der Waals surface area contributed by atoms with Gasteiger partial charge in [-0.2, -0.15) is 0 Å². The average Bonchev–Trinajstić information content (AvgIpc) is 3.22. The van der Waals surface area contributed by atoms with Crippen LogP contribution in [0.4, 0.5) is 0 Å². The zero-order chi connectivity index (χ0) is 22.7. The van der Waals surface area contributed by atoms with E-state index in [1.807, 2.05) is 56.9 Å². The Kier molecular flexibility index (Phi) is 11.7. The third kappa shape index (κ3) is 6.57.